The Morgan fingerprint density at radius 1 is 1.28 bits per heavy atom. The molecule has 0 aliphatic heterocycles. The van der Waals surface area contributed by atoms with Gasteiger partial charge >= 0.3 is 5.97 Å². The lowest BCUT2D eigenvalue weighted by Gasteiger charge is -2.18. The van der Waals surface area contributed by atoms with Crippen LogP contribution in [-0.2, 0) is 14.3 Å². The van der Waals surface area contributed by atoms with E-state index in [0.717, 1.165) is 0 Å². The zero-order valence-electron chi connectivity index (χ0n) is 12.2. The molecular weight excluding hydrogens is 230 g/mol. The number of carbonyl (C=O) groups excluding carboxylic acids is 2. The summed E-state index contributed by atoms with van der Waals surface area (Å²) in [5.41, 5.74) is -0.0594. The van der Waals surface area contributed by atoms with Crippen molar-refractivity contribution < 1.29 is 14.3 Å². The van der Waals surface area contributed by atoms with E-state index in [1.807, 2.05) is 40.7 Å². The van der Waals surface area contributed by atoms with Crippen LogP contribution in [0.2, 0.25) is 0 Å². The first-order chi connectivity index (χ1) is 8.15. The molecule has 1 N–H and O–H groups in total. The van der Waals surface area contributed by atoms with Crippen LogP contribution in [-0.4, -0.2) is 25.0 Å². The number of allylic oxidation sites excluding steroid dienone is 1. The van der Waals surface area contributed by atoms with Crippen molar-refractivity contribution in [2.45, 2.75) is 47.1 Å². The third kappa shape index (κ3) is 7.87. The van der Waals surface area contributed by atoms with E-state index in [-0.39, 0.29) is 11.3 Å². The second-order valence-corrected chi connectivity index (χ2v) is 5.91. The maximum absolute atomic E-state index is 11.7. The Bertz CT molecular complexity index is 313. The zero-order valence-corrected chi connectivity index (χ0v) is 12.2. The van der Waals surface area contributed by atoms with Gasteiger partial charge in [-0.25, -0.2) is 4.79 Å². The largest absolute Gasteiger partial charge is 0.467 e. The molecule has 0 radical (unpaired) electrons. The van der Waals surface area contributed by atoms with Gasteiger partial charge < -0.3 is 10.1 Å². The van der Waals surface area contributed by atoms with Gasteiger partial charge in [0, 0.05) is 0 Å². The van der Waals surface area contributed by atoms with Crippen LogP contribution in [0.15, 0.2) is 12.2 Å². The lowest BCUT2D eigenvalue weighted by Crippen LogP contribution is -2.41. The summed E-state index contributed by atoms with van der Waals surface area (Å²) in [6.07, 6.45) is 3.85. The average molecular weight is 255 g/mol. The molecule has 0 saturated carbocycles. The minimum Gasteiger partial charge on any atom is -0.467 e. The fraction of sp³-hybridized carbons (Fsp3) is 0.714. The Morgan fingerprint density at radius 2 is 1.83 bits per heavy atom. The van der Waals surface area contributed by atoms with Crippen molar-refractivity contribution in [2.75, 3.05) is 7.11 Å². The van der Waals surface area contributed by atoms with Crippen LogP contribution in [0.1, 0.15) is 41.0 Å². The van der Waals surface area contributed by atoms with E-state index in [1.54, 1.807) is 0 Å². The smallest absolute Gasteiger partial charge is 0.328 e. The van der Waals surface area contributed by atoms with Crippen LogP contribution in [0.25, 0.3) is 0 Å². The third-order valence-electron chi connectivity index (χ3n) is 2.24. The summed E-state index contributed by atoms with van der Waals surface area (Å²) in [4.78, 5) is 23.2. The molecule has 0 aromatic carbocycles. The number of methoxy groups -OCH3 is 1. The molecule has 0 fully saturated rings. The summed E-state index contributed by atoms with van der Waals surface area (Å²) >= 11 is 0. The number of amides is 1. The Morgan fingerprint density at radius 3 is 2.22 bits per heavy atom. The number of carbonyl (C=O) groups is 2. The van der Waals surface area contributed by atoms with Gasteiger partial charge in [0.05, 0.1) is 7.11 Å². The second kappa shape index (κ2) is 7.19. The molecule has 0 aromatic heterocycles. The van der Waals surface area contributed by atoms with Crippen molar-refractivity contribution in [2.24, 2.45) is 11.3 Å². The Balaban J connectivity index is 4.54. The molecule has 0 bridgehead atoms. The predicted molar refractivity (Wildman–Crippen MR) is 72.0 cm³/mol. The molecular formula is C14H25NO3. The predicted octanol–water partition coefficient (Wildman–Crippen LogP) is 2.29. The summed E-state index contributed by atoms with van der Waals surface area (Å²) < 4.78 is 4.68. The van der Waals surface area contributed by atoms with E-state index in [1.165, 1.54) is 13.2 Å². The first-order valence-electron chi connectivity index (χ1n) is 6.23. The van der Waals surface area contributed by atoms with E-state index in [0.29, 0.717) is 12.3 Å². The minimum absolute atomic E-state index is 0.0594. The van der Waals surface area contributed by atoms with E-state index < -0.39 is 12.0 Å². The van der Waals surface area contributed by atoms with Crippen LogP contribution in [0.5, 0.6) is 0 Å². The lowest BCUT2D eigenvalue weighted by atomic mass is 9.96. The van der Waals surface area contributed by atoms with Crippen LogP contribution in [0, 0.1) is 11.3 Å². The molecule has 104 valence electrons. The quantitative estimate of drug-likeness (QED) is 0.606. The van der Waals surface area contributed by atoms with Crippen LogP contribution in [0.3, 0.4) is 0 Å². The molecule has 1 amide bonds. The maximum atomic E-state index is 11.7. The minimum atomic E-state index is -0.577. The molecule has 0 rings (SSSR count). The number of nitrogens with one attached hydrogen (secondary N) is 1. The van der Waals surface area contributed by atoms with Crippen molar-refractivity contribution in [3.05, 3.63) is 12.2 Å². The van der Waals surface area contributed by atoms with Gasteiger partial charge in [-0.2, -0.15) is 0 Å². The standard InChI is InChI=1S/C14H25NO3/c1-10(2)9-11(13(17)18-6)15-12(16)7-8-14(3,4)5/h7-8,10-11H,9H2,1-6H3,(H,15,16)/b8-7+. The Labute approximate surface area is 110 Å². The highest BCUT2D eigenvalue weighted by atomic mass is 16.5. The SMILES string of the molecule is COC(=O)C(CC(C)C)NC(=O)/C=C/C(C)(C)C. The van der Waals surface area contributed by atoms with Gasteiger partial charge in [0.15, 0.2) is 0 Å². The molecule has 0 heterocycles. The third-order valence-corrected chi connectivity index (χ3v) is 2.24. The highest BCUT2D eigenvalue weighted by molar-refractivity contribution is 5.91. The molecule has 4 nitrogen and oxygen atoms in total. The summed E-state index contributed by atoms with van der Waals surface area (Å²) in [5.74, 6) is -0.358. The van der Waals surface area contributed by atoms with Crippen molar-refractivity contribution >= 4 is 11.9 Å². The summed E-state index contributed by atoms with van der Waals surface area (Å²) in [6, 6.07) is -0.577. The first-order valence-corrected chi connectivity index (χ1v) is 6.23. The van der Waals surface area contributed by atoms with Gasteiger partial charge in [-0.1, -0.05) is 40.7 Å². The normalized spacial score (nSPS) is 13.7. The first kappa shape index (κ1) is 16.7. The zero-order chi connectivity index (χ0) is 14.3. The van der Waals surface area contributed by atoms with Gasteiger partial charge in [-0.3, -0.25) is 4.79 Å². The van der Waals surface area contributed by atoms with Gasteiger partial charge in [0.1, 0.15) is 6.04 Å². The molecule has 4 heteroatoms. The number of hydrogen-bond donors (Lipinski definition) is 1. The molecule has 0 aromatic rings. The molecule has 1 unspecified atom stereocenters. The van der Waals surface area contributed by atoms with E-state index >= 15 is 0 Å². The summed E-state index contributed by atoms with van der Waals surface area (Å²) in [7, 11) is 1.33. The van der Waals surface area contributed by atoms with Crippen molar-refractivity contribution in [1.29, 1.82) is 0 Å². The van der Waals surface area contributed by atoms with Crippen molar-refractivity contribution in [1.82, 2.24) is 5.32 Å². The number of hydrogen-bond acceptors (Lipinski definition) is 3. The van der Waals surface area contributed by atoms with E-state index in [4.69, 9.17) is 0 Å². The molecule has 0 aliphatic rings. The van der Waals surface area contributed by atoms with Crippen molar-refractivity contribution in [3.8, 4) is 0 Å². The van der Waals surface area contributed by atoms with Gasteiger partial charge in [0.25, 0.3) is 0 Å². The van der Waals surface area contributed by atoms with Crippen LogP contribution in [0.4, 0.5) is 0 Å². The molecule has 0 aliphatic carbocycles. The Kier molecular flexibility index (Phi) is 6.66. The fourth-order valence-electron chi connectivity index (χ4n) is 1.37. The number of rotatable bonds is 5. The van der Waals surface area contributed by atoms with E-state index in [2.05, 4.69) is 10.1 Å². The average Bonchev–Trinajstić information content (AvgIpc) is 2.22. The van der Waals surface area contributed by atoms with Crippen LogP contribution < -0.4 is 5.32 Å². The molecule has 0 spiro atoms. The van der Waals surface area contributed by atoms with Crippen LogP contribution >= 0.6 is 0 Å². The molecule has 1 atom stereocenters. The van der Waals surface area contributed by atoms with Gasteiger partial charge in [-0.05, 0) is 23.8 Å². The van der Waals surface area contributed by atoms with Gasteiger partial charge in [-0.15, -0.1) is 0 Å². The van der Waals surface area contributed by atoms with Crippen molar-refractivity contribution in [3.63, 3.8) is 0 Å². The summed E-state index contributed by atoms with van der Waals surface area (Å²) in [6.45, 7) is 9.99. The molecule has 0 saturated heterocycles. The lowest BCUT2D eigenvalue weighted by molar-refractivity contribution is -0.145. The highest BCUT2D eigenvalue weighted by Gasteiger charge is 2.21. The molecule has 18 heavy (non-hydrogen) atoms. The monoisotopic (exact) mass is 255 g/mol. The number of esters is 1. The van der Waals surface area contributed by atoms with E-state index in [9.17, 15) is 9.59 Å². The fourth-order valence-corrected chi connectivity index (χ4v) is 1.37. The second-order valence-electron chi connectivity index (χ2n) is 5.91. The highest BCUT2D eigenvalue weighted by Crippen LogP contribution is 2.14. The van der Waals surface area contributed by atoms with Gasteiger partial charge in [0.2, 0.25) is 5.91 Å². The topological polar surface area (TPSA) is 55.4 Å². The maximum Gasteiger partial charge on any atom is 0.328 e. The Hall–Kier alpha value is -1.32. The number of ether oxygens (including phenoxy) is 1. The summed E-state index contributed by atoms with van der Waals surface area (Å²) in [5, 5.41) is 2.67.